The van der Waals surface area contributed by atoms with Crippen LogP contribution in [0.1, 0.15) is 30.1 Å². The number of rotatable bonds is 7. The average molecular weight is 282 g/mol. The lowest BCUT2D eigenvalue weighted by atomic mass is 10.0. The fourth-order valence-corrected chi connectivity index (χ4v) is 1.72. The Labute approximate surface area is 117 Å². The molecule has 0 saturated carbocycles. The fourth-order valence-electron chi connectivity index (χ4n) is 1.72. The van der Waals surface area contributed by atoms with Gasteiger partial charge in [-0.2, -0.15) is 0 Å². The maximum Gasteiger partial charge on any atom is 0.306 e. The Bertz CT molecular complexity index is 495. The maximum atomic E-state index is 12.0. The fraction of sp³-hybridized carbons (Fsp3) is 0.429. The van der Waals surface area contributed by atoms with E-state index in [2.05, 4.69) is 0 Å². The van der Waals surface area contributed by atoms with Gasteiger partial charge in [-0.15, -0.1) is 0 Å². The minimum Gasteiger partial charge on any atom is -0.504 e. The molecule has 0 aliphatic heterocycles. The van der Waals surface area contributed by atoms with Crippen molar-refractivity contribution in [1.82, 2.24) is 0 Å². The zero-order valence-corrected chi connectivity index (χ0v) is 11.8. The lowest BCUT2D eigenvalue weighted by Gasteiger charge is -2.12. The third-order valence-corrected chi connectivity index (χ3v) is 2.68. The van der Waals surface area contributed by atoms with Crippen molar-refractivity contribution in [2.24, 2.45) is 0 Å². The summed E-state index contributed by atoms with van der Waals surface area (Å²) in [5.41, 5.74) is 0.0898. The van der Waals surface area contributed by atoms with Crippen molar-refractivity contribution in [3.05, 3.63) is 17.7 Å². The summed E-state index contributed by atoms with van der Waals surface area (Å²) in [7, 11) is 2.80. The molecule has 110 valence electrons. The molecule has 20 heavy (non-hydrogen) atoms. The molecular weight excluding hydrogens is 264 g/mol. The van der Waals surface area contributed by atoms with Crippen LogP contribution in [-0.4, -0.2) is 37.7 Å². The standard InChI is InChI=1S/C14H18O6/c1-4-20-12(16)8-6-10(15)9-5-7-11(18-2)14(19-3)13(9)17/h5,7,17H,4,6,8H2,1-3H3. The summed E-state index contributed by atoms with van der Waals surface area (Å²) in [6.07, 6.45) is -0.0671. The first-order valence-electron chi connectivity index (χ1n) is 6.17. The number of ketones is 1. The van der Waals surface area contributed by atoms with Crippen LogP contribution in [0.5, 0.6) is 17.2 Å². The van der Waals surface area contributed by atoms with Gasteiger partial charge in [0.25, 0.3) is 0 Å². The summed E-state index contributed by atoms with van der Waals surface area (Å²) in [6.45, 7) is 1.97. The van der Waals surface area contributed by atoms with E-state index in [9.17, 15) is 14.7 Å². The first-order chi connectivity index (χ1) is 9.54. The average Bonchev–Trinajstić information content (AvgIpc) is 2.44. The van der Waals surface area contributed by atoms with E-state index in [-0.39, 0.29) is 42.3 Å². The topological polar surface area (TPSA) is 82.1 Å². The third kappa shape index (κ3) is 3.63. The lowest BCUT2D eigenvalue weighted by Crippen LogP contribution is -2.08. The van der Waals surface area contributed by atoms with Crippen LogP contribution in [0, 0.1) is 0 Å². The van der Waals surface area contributed by atoms with Gasteiger partial charge in [-0.1, -0.05) is 0 Å². The molecular formula is C14H18O6. The van der Waals surface area contributed by atoms with Gasteiger partial charge in [0.05, 0.1) is 32.8 Å². The van der Waals surface area contributed by atoms with Gasteiger partial charge >= 0.3 is 5.97 Å². The van der Waals surface area contributed by atoms with Gasteiger partial charge in [0.15, 0.2) is 17.3 Å². The van der Waals surface area contributed by atoms with Gasteiger partial charge in [-0.05, 0) is 19.1 Å². The second-order valence-corrected chi connectivity index (χ2v) is 3.93. The minimum atomic E-state index is -0.444. The highest BCUT2D eigenvalue weighted by molar-refractivity contribution is 6.00. The van der Waals surface area contributed by atoms with Crippen molar-refractivity contribution in [2.45, 2.75) is 19.8 Å². The van der Waals surface area contributed by atoms with Crippen LogP contribution < -0.4 is 9.47 Å². The molecule has 1 rings (SSSR count). The minimum absolute atomic E-state index is 0.0273. The Morgan fingerprint density at radius 3 is 2.40 bits per heavy atom. The summed E-state index contributed by atoms with van der Waals surface area (Å²) in [4.78, 5) is 23.2. The summed E-state index contributed by atoms with van der Waals surface area (Å²) in [5.74, 6) is -0.681. The van der Waals surface area contributed by atoms with Crippen LogP contribution in [0.15, 0.2) is 12.1 Å². The van der Waals surface area contributed by atoms with Gasteiger partial charge in [0, 0.05) is 6.42 Å². The highest BCUT2D eigenvalue weighted by atomic mass is 16.5. The van der Waals surface area contributed by atoms with Gasteiger partial charge in [0.2, 0.25) is 5.75 Å². The van der Waals surface area contributed by atoms with Crippen molar-refractivity contribution >= 4 is 11.8 Å². The molecule has 0 unspecified atom stereocenters. The third-order valence-electron chi connectivity index (χ3n) is 2.68. The van der Waals surface area contributed by atoms with E-state index in [1.54, 1.807) is 6.92 Å². The first kappa shape index (κ1) is 15.8. The molecule has 0 radical (unpaired) electrons. The number of carbonyl (C=O) groups is 2. The van der Waals surface area contributed by atoms with E-state index in [1.807, 2.05) is 0 Å². The number of phenols is 1. The van der Waals surface area contributed by atoms with E-state index in [0.717, 1.165) is 0 Å². The molecule has 0 atom stereocenters. The summed E-state index contributed by atoms with van der Waals surface area (Å²) in [6, 6.07) is 2.96. The molecule has 0 aliphatic carbocycles. The summed E-state index contributed by atoms with van der Waals surface area (Å²) in [5, 5.41) is 10.00. The van der Waals surface area contributed by atoms with Crippen LogP contribution in [-0.2, 0) is 9.53 Å². The second-order valence-electron chi connectivity index (χ2n) is 3.93. The number of ether oxygens (including phenoxy) is 3. The number of Topliss-reactive ketones (excluding diaryl/α,β-unsaturated/α-hetero) is 1. The molecule has 0 bridgehead atoms. The van der Waals surface area contributed by atoms with Gasteiger partial charge in [-0.25, -0.2) is 0 Å². The first-order valence-corrected chi connectivity index (χ1v) is 6.17. The Hall–Kier alpha value is -2.24. The highest BCUT2D eigenvalue weighted by Crippen LogP contribution is 2.39. The van der Waals surface area contributed by atoms with E-state index in [4.69, 9.17) is 14.2 Å². The molecule has 1 N–H and O–H groups in total. The number of carbonyl (C=O) groups excluding carboxylic acids is 2. The van der Waals surface area contributed by atoms with E-state index in [0.29, 0.717) is 5.75 Å². The Kier molecular flexibility index (Phi) is 5.83. The Balaban J connectivity index is 2.86. The molecule has 6 heteroatoms. The van der Waals surface area contributed by atoms with Crippen molar-refractivity contribution in [1.29, 1.82) is 0 Å². The van der Waals surface area contributed by atoms with E-state index >= 15 is 0 Å². The van der Waals surface area contributed by atoms with Gasteiger partial charge in [0.1, 0.15) is 0 Å². The molecule has 1 aromatic rings. The number of hydrogen-bond donors (Lipinski definition) is 1. The number of phenolic OH excluding ortho intramolecular Hbond substituents is 1. The Morgan fingerprint density at radius 2 is 1.85 bits per heavy atom. The van der Waals surface area contributed by atoms with Crippen molar-refractivity contribution in [3.8, 4) is 17.2 Å². The van der Waals surface area contributed by atoms with E-state index in [1.165, 1.54) is 26.4 Å². The number of benzene rings is 1. The normalized spacial score (nSPS) is 9.95. The quantitative estimate of drug-likeness (QED) is 0.608. The van der Waals surface area contributed by atoms with E-state index < -0.39 is 5.97 Å². The number of methoxy groups -OCH3 is 2. The van der Waals surface area contributed by atoms with Crippen LogP contribution >= 0.6 is 0 Å². The smallest absolute Gasteiger partial charge is 0.306 e. The monoisotopic (exact) mass is 282 g/mol. The zero-order valence-electron chi connectivity index (χ0n) is 11.8. The van der Waals surface area contributed by atoms with Crippen LogP contribution in [0.4, 0.5) is 0 Å². The van der Waals surface area contributed by atoms with Crippen molar-refractivity contribution in [2.75, 3.05) is 20.8 Å². The molecule has 0 amide bonds. The molecule has 0 aromatic heterocycles. The molecule has 1 aromatic carbocycles. The predicted octanol–water partition coefficient (Wildman–Crippen LogP) is 1.94. The van der Waals surface area contributed by atoms with Crippen LogP contribution in [0.2, 0.25) is 0 Å². The largest absolute Gasteiger partial charge is 0.504 e. The molecule has 0 saturated heterocycles. The highest BCUT2D eigenvalue weighted by Gasteiger charge is 2.19. The SMILES string of the molecule is CCOC(=O)CCC(=O)c1ccc(OC)c(OC)c1O. The second kappa shape index (κ2) is 7.37. The Morgan fingerprint density at radius 1 is 1.15 bits per heavy atom. The van der Waals surface area contributed by atoms with Crippen molar-refractivity contribution in [3.63, 3.8) is 0 Å². The number of aromatic hydroxyl groups is 1. The number of esters is 1. The van der Waals surface area contributed by atoms with Gasteiger partial charge < -0.3 is 19.3 Å². The molecule has 6 nitrogen and oxygen atoms in total. The summed E-state index contributed by atoms with van der Waals surface area (Å²) < 4.78 is 14.8. The molecule has 0 fully saturated rings. The predicted molar refractivity (Wildman–Crippen MR) is 71.4 cm³/mol. The molecule has 0 heterocycles. The zero-order chi connectivity index (χ0) is 15.1. The van der Waals surface area contributed by atoms with Crippen molar-refractivity contribution < 1.29 is 28.9 Å². The van der Waals surface area contributed by atoms with Crippen LogP contribution in [0.3, 0.4) is 0 Å². The summed E-state index contributed by atoms with van der Waals surface area (Å²) >= 11 is 0. The molecule has 0 aliphatic rings. The maximum absolute atomic E-state index is 12.0. The molecule has 0 spiro atoms. The van der Waals surface area contributed by atoms with Gasteiger partial charge in [-0.3, -0.25) is 9.59 Å². The number of hydrogen-bond acceptors (Lipinski definition) is 6. The lowest BCUT2D eigenvalue weighted by molar-refractivity contribution is -0.143. The van der Waals surface area contributed by atoms with Crippen LogP contribution in [0.25, 0.3) is 0 Å².